The van der Waals surface area contributed by atoms with Gasteiger partial charge < -0.3 is 15.4 Å². The third-order valence-corrected chi connectivity index (χ3v) is 4.01. The van der Waals surface area contributed by atoms with Gasteiger partial charge in [-0.05, 0) is 26.3 Å². The molecule has 0 spiro atoms. The lowest BCUT2D eigenvalue weighted by Gasteiger charge is -2.37. The third kappa shape index (κ3) is 3.82. The SMILES string of the molecule is COCCCN(C)CC(=O)C1C(=O)NC(=O)N(C2CC2)C1N. The second-order valence-electron chi connectivity index (χ2n) is 5.95. The number of hydrogen-bond donors (Lipinski definition) is 2. The average molecular weight is 312 g/mol. The van der Waals surface area contributed by atoms with E-state index in [1.165, 1.54) is 4.90 Å². The van der Waals surface area contributed by atoms with Crippen molar-refractivity contribution < 1.29 is 19.1 Å². The van der Waals surface area contributed by atoms with Crippen LogP contribution < -0.4 is 11.1 Å². The number of ether oxygens (including phenoxy) is 1. The third-order valence-electron chi connectivity index (χ3n) is 4.01. The van der Waals surface area contributed by atoms with Gasteiger partial charge >= 0.3 is 6.03 Å². The van der Waals surface area contributed by atoms with Gasteiger partial charge in [-0.25, -0.2) is 4.79 Å². The van der Waals surface area contributed by atoms with Gasteiger partial charge in [0.1, 0.15) is 12.1 Å². The fraction of sp³-hybridized carbons (Fsp3) is 0.786. The second kappa shape index (κ2) is 7.17. The number of amides is 3. The molecular weight excluding hydrogens is 288 g/mol. The minimum absolute atomic E-state index is 0.0535. The van der Waals surface area contributed by atoms with Crippen molar-refractivity contribution in [3.8, 4) is 0 Å². The van der Waals surface area contributed by atoms with Crippen molar-refractivity contribution in [3.05, 3.63) is 0 Å². The molecule has 1 saturated heterocycles. The Morgan fingerprint density at radius 1 is 1.45 bits per heavy atom. The highest BCUT2D eigenvalue weighted by molar-refractivity contribution is 6.10. The molecule has 2 rings (SSSR count). The summed E-state index contributed by atoms with van der Waals surface area (Å²) < 4.78 is 4.97. The molecule has 8 nitrogen and oxygen atoms in total. The maximum atomic E-state index is 12.4. The summed E-state index contributed by atoms with van der Waals surface area (Å²) in [7, 11) is 3.43. The monoisotopic (exact) mass is 312 g/mol. The van der Waals surface area contributed by atoms with Crippen molar-refractivity contribution in [2.45, 2.75) is 31.5 Å². The van der Waals surface area contributed by atoms with Gasteiger partial charge in [0.05, 0.1) is 6.54 Å². The van der Waals surface area contributed by atoms with Crippen LogP contribution in [0, 0.1) is 5.92 Å². The van der Waals surface area contributed by atoms with Crippen molar-refractivity contribution >= 4 is 17.7 Å². The fourth-order valence-corrected chi connectivity index (χ4v) is 2.72. The average Bonchev–Trinajstić information content (AvgIpc) is 3.22. The molecule has 1 heterocycles. The molecule has 2 unspecified atom stereocenters. The highest BCUT2D eigenvalue weighted by atomic mass is 16.5. The number of methoxy groups -OCH3 is 1. The predicted octanol–water partition coefficient (Wildman–Crippen LogP) is -0.861. The zero-order valence-electron chi connectivity index (χ0n) is 13.1. The van der Waals surface area contributed by atoms with E-state index < -0.39 is 24.0 Å². The maximum absolute atomic E-state index is 12.4. The molecule has 3 amide bonds. The van der Waals surface area contributed by atoms with E-state index in [4.69, 9.17) is 10.5 Å². The summed E-state index contributed by atoms with van der Waals surface area (Å²) in [6.07, 6.45) is 1.67. The van der Waals surface area contributed by atoms with Crippen molar-refractivity contribution in [2.75, 3.05) is 33.9 Å². The van der Waals surface area contributed by atoms with Crippen LogP contribution in [-0.4, -0.2) is 73.6 Å². The zero-order valence-corrected chi connectivity index (χ0v) is 13.1. The van der Waals surface area contributed by atoms with Gasteiger partial charge in [0.25, 0.3) is 0 Å². The number of likely N-dealkylation sites (N-methyl/N-ethyl adjacent to an activating group) is 1. The number of Topliss-reactive ketones (excluding diaryl/α,β-unsaturated/α-hetero) is 1. The molecule has 1 saturated carbocycles. The number of imide groups is 1. The summed E-state index contributed by atoms with van der Waals surface area (Å²) in [5.41, 5.74) is 6.03. The maximum Gasteiger partial charge on any atom is 0.325 e. The first-order valence-corrected chi connectivity index (χ1v) is 7.54. The topological polar surface area (TPSA) is 105 Å². The minimum Gasteiger partial charge on any atom is -0.385 e. The summed E-state index contributed by atoms with van der Waals surface area (Å²) in [6, 6.07) is -0.435. The molecule has 0 radical (unpaired) electrons. The zero-order chi connectivity index (χ0) is 16.3. The van der Waals surface area contributed by atoms with E-state index in [1.54, 1.807) is 7.11 Å². The van der Waals surface area contributed by atoms with Crippen LogP contribution in [0.4, 0.5) is 4.79 Å². The number of urea groups is 1. The summed E-state index contributed by atoms with van der Waals surface area (Å²) in [4.78, 5) is 39.5. The number of rotatable bonds is 8. The smallest absolute Gasteiger partial charge is 0.325 e. The number of nitrogens with zero attached hydrogens (tertiary/aromatic N) is 2. The lowest BCUT2D eigenvalue weighted by molar-refractivity contribution is -0.138. The molecule has 2 fully saturated rings. The van der Waals surface area contributed by atoms with Crippen LogP contribution in [0.2, 0.25) is 0 Å². The van der Waals surface area contributed by atoms with E-state index in [0.717, 1.165) is 19.3 Å². The molecule has 2 atom stereocenters. The normalized spacial score (nSPS) is 25.5. The van der Waals surface area contributed by atoms with E-state index in [2.05, 4.69) is 5.32 Å². The number of nitrogens with one attached hydrogen (secondary N) is 1. The van der Waals surface area contributed by atoms with Crippen LogP contribution in [-0.2, 0) is 14.3 Å². The Morgan fingerprint density at radius 3 is 2.73 bits per heavy atom. The van der Waals surface area contributed by atoms with Crippen molar-refractivity contribution in [1.82, 2.24) is 15.1 Å². The summed E-state index contributed by atoms with van der Waals surface area (Å²) in [5.74, 6) is -1.85. The summed E-state index contributed by atoms with van der Waals surface area (Å²) >= 11 is 0. The molecule has 124 valence electrons. The molecule has 22 heavy (non-hydrogen) atoms. The van der Waals surface area contributed by atoms with E-state index in [9.17, 15) is 14.4 Å². The number of hydrogen-bond acceptors (Lipinski definition) is 6. The van der Waals surface area contributed by atoms with E-state index in [-0.39, 0.29) is 18.4 Å². The lowest BCUT2D eigenvalue weighted by atomic mass is 9.96. The molecule has 0 aromatic heterocycles. The molecule has 1 aliphatic heterocycles. The van der Waals surface area contributed by atoms with E-state index in [1.807, 2.05) is 11.9 Å². The van der Waals surface area contributed by atoms with Crippen LogP contribution >= 0.6 is 0 Å². The Bertz CT molecular complexity index is 452. The number of carbonyl (C=O) groups is 3. The van der Waals surface area contributed by atoms with Crippen LogP contribution in [0.5, 0.6) is 0 Å². The Hall–Kier alpha value is -1.51. The van der Waals surface area contributed by atoms with Gasteiger partial charge in [0.15, 0.2) is 5.78 Å². The standard InChI is InChI=1S/C14H24N4O4/c1-17(6-3-7-22-2)8-10(19)11-12(15)18(9-4-5-9)14(21)16-13(11)20/h9,11-12H,3-8,15H2,1-2H3,(H,16,20,21). The van der Waals surface area contributed by atoms with E-state index >= 15 is 0 Å². The highest BCUT2D eigenvalue weighted by Gasteiger charge is 2.48. The summed E-state index contributed by atoms with van der Waals surface area (Å²) in [5, 5.41) is 2.25. The Balaban J connectivity index is 1.94. The first kappa shape index (κ1) is 16.9. The van der Waals surface area contributed by atoms with Crippen LogP contribution in [0.3, 0.4) is 0 Å². The molecular formula is C14H24N4O4. The Kier molecular flexibility index (Phi) is 5.49. The Labute approximate surface area is 129 Å². The first-order valence-electron chi connectivity index (χ1n) is 7.54. The lowest BCUT2D eigenvalue weighted by Crippen LogP contribution is -2.66. The van der Waals surface area contributed by atoms with Crippen LogP contribution in [0.15, 0.2) is 0 Å². The van der Waals surface area contributed by atoms with Crippen molar-refractivity contribution in [2.24, 2.45) is 11.7 Å². The predicted molar refractivity (Wildman–Crippen MR) is 78.9 cm³/mol. The van der Waals surface area contributed by atoms with Gasteiger partial charge in [0.2, 0.25) is 5.91 Å². The Morgan fingerprint density at radius 2 is 2.14 bits per heavy atom. The minimum atomic E-state index is -0.997. The molecule has 0 aromatic rings. The number of ketones is 1. The number of carbonyl (C=O) groups excluding carboxylic acids is 3. The first-order chi connectivity index (χ1) is 10.5. The van der Waals surface area contributed by atoms with Gasteiger partial charge in [-0.3, -0.25) is 19.8 Å². The highest BCUT2D eigenvalue weighted by Crippen LogP contribution is 2.31. The fourth-order valence-electron chi connectivity index (χ4n) is 2.72. The van der Waals surface area contributed by atoms with Crippen molar-refractivity contribution in [1.29, 1.82) is 0 Å². The number of nitrogens with two attached hydrogens (primary N) is 1. The largest absolute Gasteiger partial charge is 0.385 e. The van der Waals surface area contributed by atoms with Gasteiger partial charge in [0, 0.05) is 26.3 Å². The molecule has 0 aromatic carbocycles. The van der Waals surface area contributed by atoms with Gasteiger partial charge in [-0.15, -0.1) is 0 Å². The molecule has 0 bridgehead atoms. The second-order valence-corrected chi connectivity index (χ2v) is 5.95. The molecule has 3 N–H and O–H groups in total. The van der Waals surface area contributed by atoms with Crippen LogP contribution in [0.1, 0.15) is 19.3 Å². The van der Waals surface area contributed by atoms with Crippen LogP contribution in [0.25, 0.3) is 0 Å². The van der Waals surface area contributed by atoms with Gasteiger partial charge in [-0.2, -0.15) is 0 Å². The van der Waals surface area contributed by atoms with Crippen molar-refractivity contribution in [3.63, 3.8) is 0 Å². The van der Waals surface area contributed by atoms with Gasteiger partial charge in [-0.1, -0.05) is 0 Å². The molecule has 1 aliphatic carbocycles. The quantitative estimate of drug-likeness (QED) is 0.446. The molecule has 2 aliphatic rings. The summed E-state index contributed by atoms with van der Waals surface area (Å²) in [6.45, 7) is 1.43. The van der Waals surface area contributed by atoms with E-state index in [0.29, 0.717) is 13.2 Å². The molecule has 8 heteroatoms.